The summed E-state index contributed by atoms with van der Waals surface area (Å²) in [6.07, 6.45) is 3.50. The summed E-state index contributed by atoms with van der Waals surface area (Å²) in [6.45, 7) is 0. The predicted molar refractivity (Wildman–Crippen MR) is 148 cm³/mol. The summed E-state index contributed by atoms with van der Waals surface area (Å²) in [5.74, 6) is -1.36. The molecule has 3 heterocycles. The van der Waals surface area contributed by atoms with Gasteiger partial charge in [0.15, 0.2) is 0 Å². The monoisotopic (exact) mass is 581 g/mol. The molecule has 206 valence electrons. The molecule has 11 nitrogen and oxygen atoms in total. The number of nitrogens with one attached hydrogen (secondary N) is 2. The normalized spacial score (nSPS) is 22.2. The number of hydrogen-bond donors (Lipinski definition) is 3. The van der Waals surface area contributed by atoms with Crippen molar-refractivity contribution in [1.29, 1.82) is 0 Å². The zero-order valence-electron chi connectivity index (χ0n) is 21.3. The summed E-state index contributed by atoms with van der Waals surface area (Å²) in [5.41, 5.74) is 0.480. The molecule has 0 aromatic heterocycles. The molecule has 1 saturated carbocycles. The third-order valence-electron chi connectivity index (χ3n) is 7.79. The summed E-state index contributed by atoms with van der Waals surface area (Å²) >= 11 is 10.6. The number of benzene rings is 2. The van der Waals surface area contributed by atoms with Crippen molar-refractivity contribution in [3.63, 3.8) is 0 Å². The maximum atomic E-state index is 13.5. The lowest BCUT2D eigenvalue weighted by Gasteiger charge is -2.27. The van der Waals surface area contributed by atoms with Crippen LogP contribution in [0.25, 0.3) is 0 Å². The van der Waals surface area contributed by atoms with Gasteiger partial charge in [0, 0.05) is 28.1 Å². The van der Waals surface area contributed by atoms with Crippen LogP contribution in [0.1, 0.15) is 59.2 Å². The third-order valence-corrected chi connectivity index (χ3v) is 8.35. The molecule has 4 aliphatic rings. The number of rotatable bonds is 4. The van der Waals surface area contributed by atoms with Gasteiger partial charge in [0.05, 0.1) is 18.2 Å². The van der Waals surface area contributed by atoms with Gasteiger partial charge < -0.3 is 10.1 Å². The molecule has 2 aromatic rings. The molecule has 13 heteroatoms. The molecule has 0 bridgehead atoms. The Kier molecular flexibility index (Phi) is 6.34. The van der Waals surface area contributed by atoms with E-state index in [0.717, 1.165) is 30.6 Å². The highest BCUT2D eigenvalue weighted by Gasteiger charge is 2.64. The Hall–Kier alpha value is -3.90. The quantitative estimate of drug-likeness (QED) is 0.284. The maximum absolute atomic E-state index is 13.5. The van der Waals surface area contributed by atoms with Crippen molar-refractivity contribution in [2.75, 3.05) is 12.4 Å². The average Bonchev–Trinajstić information content (AvgIpc) is 3.14. The summed E-state index contributed by atoms with van der Waals surface area (Å²) in [4.78, 5) is 71.2. The van der Waals surface area contributed by atoms with Crippen LogP contribution in [0.4, 0.5) is 16.2 Å². The van der Waals surface area contributed by atoms with Gasteiger partial charge in [0.1, 0.15) is 28.9 Å². The number of halogens is 1. The van der Waals surface area contributed by atoms with Crippen molar-refractivity contribution in [3.8, 4) is 5.75 Å². The van der Waals surface area contributed by atoms with Crippen LogP contribution in [0.5, 0.6) is 5.75 Å². The van der Waals surface area contributed by atoms with Crippen LogP contribution in [0.2, 0.25) is 5.02 Å². The Morgan fingerprint density at radius 1 is 1.12 bits per heavy atom. The number of piperidine rings is 1. The number of urea groups is 1. The van der Waals surface area contributed by atoms with Crippen molar-refractivity contribution < 1.29 is 28.7 Å². The summed E-state index contributed by atoms with van der Waals surface area (Å²) in [7, 11) is 1.51. The minimum Gasteiger partial charge on any atom is -0.494 e. The number of nitrogens with zero attached hydrogens (tertiary/aromatic N) is 3. The fourth-order valence-corrected chi connectivity index (χ4v) is 6.40. The number of thiol groups is 1. The smallest absolute Gasteiger partial charge is 0.328 e. The van der Waals surface area contributed by atoms with Gasteiger partial charge in [-0.15, -0.1) is 12.6 Å². The molecule has 40 heavy (non-hydrogen) atoms. The van der Waals surface area contributed by atoms with Gasteiger partial charge in [-0.25, -0.2) is 9.79 Å². The molecule has 6 rings (SSSR count). The molecule has 1 aliphatic carbocycles. The zero-order chi connectivity index (χ0) is 28.3. The number of aliphatic imine (C=N–C) groups is 1. The van der Waals surface area contributed by atoms with Crippen molar-refractivity contribution in [3.05, 3.63) is 46.5 Å². The van der Waals surface area contributed by atoms with E-state index < -0.39 is 41.2 Å². The Balaban J connectivity index is 1.25. The molecule has 2 saturated heterocycles. The minimum absolute atomic E-state index is 0.0310. The van der Waals surface area contributed by atoms with E-state index in [-0.39, 0.29) is 24.0 Å². The average molecular weight is 582 g/mol. The van der Waals surface area contributed by atoms with Crippen molar-refractivity contribution >= 4 is 71.1 Å². The van der Waals surface area contributed by atoms with Gasteiger partial charge in [-0.3, -0.25) is 34.3 Å². The van der Waals surface area contributed by atoms with Gasteiger partial charge in [-0.05, 0) is 43.5 Å². The number of imide groups is 2. The molecule has 1 atom stereocenters. The molecule has 1 spiro atoms. The first-order valence-corrected chi connectivity index (χ1v) is 13.6. The van der Waals surface area contributed by atoms with E-state index in [1.54, 1.807) is 17.0 Å². The maximum Gasteiger partial charge on any atom is 0.328 e. The fraction of sp³-hybridized carbons (Fsp3) is 0.333. The van der Waals surface area contributed by atoms with E-state index in [1.807, 2.05) is 0 Å². The lowest BCUT2D eigenvalue weighted by molar-refractivity contribution is -0.136. The Morgan fingerprint density at radius 3 is 2.55 bits per heavy atom. The molecular formula is C27H24ClN5O6S. The molecule has 0 radical (unpaired) electrons. The lowest BCUT2D eigenvalue weighted by Crippen LogP contribution is -2.54. The van der Waals surface area contributed by atoms with E-state index in [4.69, 9.17) is 21.3 Å². The van der Waals surface area contributed by atoms with Crippen LogP contribution in [-0.4, -0.2) is 64.0 Å². The summed E-state index contributed by atoms with van der Waals surface area (Å²) < 4.78 is 5.44. The highest BCUT2D eigenvalue weighted by atomic mass is 35.5. The molecule has 3 fully saturated rings. The first kappa shape index (κ1) is 26.3. The third kappa shape index (κ3) is 4.13. The first-order chi connectivity index (χ1) is 19.1. The molecule has 3 aliphatic heterocycles. The van der Waals surface area contributed by atoms with Gasteiger partial charge in [-0.2, -0.15) is 0 Å². The largest absolute Gasteiger partial charge is 0.494 e. The standard InChI is InChI=1S/C27H24ClN5O6S/c1-39-18-10-13(28)11-19(40)21(18)31-25-27(8-2-3-9-27)33(25)26(38)29-14-4-5-15-16(12-14)24(37)32(23(15)36)17-6-7-20(34)30-22(17)35/h4-5,10-12,17,40H,2-3,6-9H2,1H3,(H,29,38)(H,30,34,35). The van der Waals surface area contributed by atoms with Gasteiger partial charge in [0.2, 0.25) is 11.8 Å². The van der Waals surface area contributed by atoms with E-state index in [1.165, 1.54) is 25.3 Å². The van der Waals surface area contributed by atoms with Crippen molar-refractivity contribution in [2.24, 2.45) is 4.99 Å². The number of hydrogen-bond acceptors (Lipinski definition) is 8. The number of ether oxygens (including phenoxy) is 1. The number of anilines is 1. The molecule has 1 unspecified atom stereocenters. The van der Waals surface area contributed by atoms with E-state index in [2.05, 4.69) is 23.3 Å². The molecule has 2 N–H and O–H groups in total. The first-order valence-electron chi connectivity index (χ1n) is 12.8. The topological polar surface area (TPSA) is 137 Å². The SMILES string of the molecule is COc1cc(Cl)cc(S)c1N=C1N(C(=O)Nc2ccc3c(c2)C(=O)N(C2CCC(=O)NC2=O)C3=O)C12CCCC2. The number of methoxy groups -OCH3 is 1. The highest BCUT2D eigenvalue weighted by Crippen LogP contribution is 2.51. The van der Waals surface area contributed by atoms with Crippen LogP contribution in [0.3, 0.4) is 0 Å². The Morgan fingerprint density at radius 2 is 1.85 bits per heavy atom. The summed E-state index contributed by atoms with van der Waals surface area (Å²) in [6, 6.07) is 6.21. The van der Waals surface area contributed by atoms with Gasteiger partial charge >= 0.3 is 6.03 Å². The van der Waals surface area contributed by atoms with Crippen molar-refractivity contribution in [2.45, 2.75) is 55.0 Å². The highest BCUT2D eigenvalue weighted by molar-refractivity contribution is 7.80. The van der Waals surface area contributed by atoms with E-state index >= 15 is 0 Å². The van der Waals surface area contributed by atoms with Crippen LogP contribution >= 0.6 is 24.2 Å². The second kappa shape index (κ2) is 9.63. The Labute approximate surface area is 239 Å². The van der Waals surface area contributed by atoms with E-state index in [9.17, 15) is 24.0 Å². The minimum atomic E-state index is -1.07. The summed E-state index contributed by atoms with van der Waals surface area (Å²) in [5, 5.41) is 5.45. The zero-order valence-corrected chi connectivity index (χ0v) is 23.0. The second-order valence-corrected chi connectivity index (χ2v) is 11.0. The number of carbonyl (C=O) groups excluding carboxylic acids is 5. The predicted octanol–water partition coefficient (Wildman–Crippen LogP) is 3.93. The van der Waals surface area contributed by atoms with Crippen LogP contribution in [0, 0.1) is 0 Å². The van der Waals surface area contributed by atoms with Crippen LogP contribution < -0.4 is 15.4 Å². The van der Waals surface area contributed by atoms with Gasteiger partial charge in [-0.1, -0.05) is 24.4 Å². The lowest BCUT2D eigenvalue weighted by atomic mass is 10.0. The van der Waals surface area contributed by atoms with E-state index in [0.29, 0.717) is 32.9 Å². The second-order valence-electron chi connectivity index (χ2n) is 10.1. The molecular weight excluding hydrogens is 558 g/mol. The van der Waals surface area contributed by atoms with Crippen LogP contribution in [0.15, 0.2) is 40.2 Å². The van der Waals surface area contributed by atoms with Crippen LogP contribution in [-0.2, 0) is 9.59 Å². The number of carbonyl (C=O) groups is 5. The Bertz CT molecular complexity index is 1550. The number of fused-ring (bicyclic) bond motifs is 1. The number of amidine groups is 1. The molecule has 6 amide bonds. The van der Waals surface area contributed by atoms with Gasteiger partial charge in [0.25, 0.3) is 11.8 Å². The molecule has 2 aromatic carbocycles. The van der Waals surface area contributed by atoms with Crippen molar-refractivity contribution in [1.82, 2.24) is 15.1 Å². The fourth-order valence-electron chi connectivity index (χ4n) is 5.82. The number of amides is 6.